The van der Waals surface area contributed by atoms with E-state index in [9.17, 15) is 0 Å². The Bertz CT molecular complexity index is 339. The lowest BCUT2D eigenvalue weighted by atomic mass is 10.3. The van der Waals surface area contributed by atoms with Gasteiger partial charge in [-0.15, -0.1) is 0 Å². The van der Waals surface area contributed by atoms with Gasteiger partial charge in [-0.2, -0.15) is 0 Å². The first-order valence-electron chi connectivity index (χ1n) is 6.02. The Labute approximate surface area is 104 Å². The SMILES string of the molecule is CC(CN(C)C)Nc1ncccc1OC(C)C. The molecule has 17 heavy (non-hydrogen) atoms. The predicted molar refractivity (Wildman–Crippen MR) is 71.6 cm³/mol. The van der Waals surface area contributed by atoms with Crippen molar-refractivity contribution in [1.82, 2.24) is 9.88 Å². The van der Waals surface area contributed by atoms with Crippen LogP contribution in [0.2, 0.25) is 0 Å². The van der Waals surface area contributed by atoms with Gasteiger partial charge in [-0.25, -0.2) is 4.98 Å². The first kappa shape index (κ1) is 13.8. The van der Waals surface area contributed by atoms with E-state index in [-0.39, 0.29) is 6.10 Å². The van der Waals surface area contributed by atoms with Gasteiger partial charge >= 0.3 is 0 Å². The second kappa shape index (κ2) is 6.45. The molecule has 0 bridgehead atoms. The zero-order valence-electron chi connectivity index (χ0n) is 11.4. The third kappa shape index (κ3) is 5.04. The molecule has 1 aromatic rings. The molecule has 1 aromatic heterocycles. The summed E-state index contributed by atoms with van der Waals surface area (Å²) in [5.41, 5.74) is 0. The van der Waals surface area contributed by atoms with Crippen molar-refractivity contribution in [2.45, 2.75) is 32.9 Å². The molecular weight excluding hydrogens is 214 g/mol. The summed E-state index contributed by atoms with van der Waals surface area (Å²) in [7, 11) is 4.12. The van der Waals surface area contributed by atoms with Crippen molar-refractivity contribution < 1.29 is 4.74 Å². The van der Waals surface area contributed by atoms with E-state index in [0.29, 0.717) is 6.04 Å². The van der Waals surface area contributed by atoms with Crippen LogP contribution in [0.3, 0.4) is 0 Å². The van der Waals surface area contributed by atoms with Crippen LogP contribution < -0.4 is 10.1 Å². The minimum Gasteiger partial charge on any atom is -0.487 e. The number of hydrogen-bond donors (Lipinski definition) is 1. The Morgan fingerprint density at radius 2 is 2.06 bits per heavy atom. The summed E-state index contributed by atoms with van der Waals surface area (Å²) in [5, 5.41) is 3.37. The lowest BCUT2D eigenvalue weighted by molar-refractivity contribution is 0.242. The van der Waals surface area contributed by atoms with Crippen LogP contribution in [-0.2, 0) is 0 Å². The molecule has 1 heterocycles. The van der Waals surface area contributed by atoms with Crippen molar-refractivity contribution in [3.63, 3.8) is 0 Å². The third-order valence-electron chi connectivity index (χ3n) is 2.16. The molecular formula is C13H23N3O. The Balaban J connectivity index is 2.69. The topological polar surface area (TPSA) is 37.4 Å². The quantitative estimate of drug-likeness (QED) is 0.823. The van der Waals surface area contributed by atoms with Gasteiger partial charge in [0.05, 0.1) is 6.10 Å². The molecule has 96 valence electrons. The van der Waals surface area contributed by atoms with Crippen LogP contribution in [0.1, 0.15) is 20.8 Å². The highest BCUT2D eigenvalue weighted by Crippen LogP contribution is 2.22. The fourth-order valence-corrected chi connectivity index (χ4v) is 1.67. The molecule has 0 radical (unpaired) electrons. The lowest BCUT2D eigenvalue weighted by Crippen LogP contribution is -2.30. The Morgan fingerprint density at radius 1 is 1.35 bits per heavy atom. The van der Waals surface area contributed by atoms with Crippen molar-refractivity contribution in [2.24, 2.45) is 0 Å². The van der Waals surface area contributed by atoms with Crippen molar-refractivity contribution in [2.75, 3.05) is 26.0 Å². The zero-order valence-corrected chi connectivity index (χ0v) is 11.4. The van der Waals surface area contributed by atoms with Crippen molar-refractivity contribution >= 4 is 5.82 Å². The van der Waals surface area contributed by atoms with Crippen LogP contribution in [0.4, 0.5) is 5.82 Å². The van der Waals surface area contributed by atoms with Crippen LogP contribution in [0.25, 0.3) is 0 Å². The van der Waals surface area contributed by atoms with Crippen LogP contribution in [0.5, 0.6) is 5.75 Å². The van der Waals surface area contributed by atoms with E-state index in [1.807, 2.05) is 26.0 Å². The first-order valence-corrected chi connectivity index (χ1v) is 6.02. The maximum atomic E-state index is 5.71. The second-order valence-corrected chi connectivity index (χ2v) is 4.82. The molecule has 0 aliphatic rings. The van der Waals surface area contributed by atoms with Crippen LogP contribution in [-0.4, -0.2) is 42.7 Å². The number of nitrogens with one attached hydrogen (secondary N) is 1. The molecule has 1 N–H and O–H groups in total. The van der Waals surface area contributed by atoms with Gasteiger partial charge in [0, 0.05) is 18.8 Å². The number of ether oxygens (including phenoxy) is 1. The summed E-state index contributed by atoms with van der Waals surface area (Å²) in [4.78, 5) is 6.47. The highest BCUT2D eigenvalue weighted by molar-refractivity contribution is 5.50. The molecule has 0 saturated heterocycles. The van der Waals surface area contributed by atoms with Crippen molar-refractivity contribution in [1.29, 1.82) is 0 Å². The highest BCUT2D eigenvalue weighted by Gasteiger charge is 2.10. The molecule has 0 amide bonds. The molecule has 0 aliphatic heterocycles. The van der Waals surface area contributed by atoms with E-state index in [1.165, 1.54) is 0 Å². The molecule has 4 nitrogen and oxygen atoms in total. The predicted octanol–water partition coefficient (Wildman–Crippen LogP) is 2.23. The molecule has 0 fully saturated rings. The van der Waals surface area contributed by atoms with Gasteiger partial charge in [0.25, 0.3) is 0 Å². The van der Waals surface area contributed by atoms with Crippen LogP contribution in [0.15, 0.2) is 18.3 Å². The first-order chi connectivity index (χ1) is 7.99. The molecule has 0 spiro atoms. The van der Waals surface area contributed by atoms with E-state index in [4.69, 9.17) is 4.74 Å². The Morgan fingerprint density at radius 3 is 2.65 bits per heavy atom. The summed E-state index contributed by atoms with van der Waals surface area (Å²) in [6.07, 6.45) is 1.93. The van der Waals surface area contributed by atoms with Gasteiger partial charge in [-0.1, -0.05) is 0 Å². The van der Waals surface area contributed by atoms with E-state index < -0.39 is 0 Å². The summed E-state index contributed by atoms with van der Waals surface area (Å²) >= 11 is 0. The van der Waals surface area contributed by atoms with Gasteiger partial charge in [0.15, 0.2) is 11.6 Å². The van der Waals surface area contributed by atoms with Crippen molar-refractivity contribution in [3.8, 4) is 5.75 Å². The minimum atomic E-state index is 0.156. The summed E-state index contributed by atoms with van der Waals surface area (Å²) in [6, 6.07) is 4.16. The van der Waals surface area contributed by atoms with Crippen LogP contribution in [0, 0.1) is 0 Å². The number of likely N-dealkylation sites (N-methyl/N-ethyl adjacent to an activating group) is 1. The fourth-order valence-electron chi connectivity index (χ4n) is 1.67. The largest absolute Gasteiger partial charge is 0.487 e. The average Bonchev–Trinajstić information content (AvgIpc) is 2.18. The summed E-state index contributed by atoms with van der Waals surface area (Å²) in [5.74, 6) is 1.63. The molecule has 1 atom stereocenters. The smallest absolute Gasteiger partial charge is 0.169 e. The maximum absolute atomic E-state index is 5.71. The van der Waals surface area contributed by atoms with E-state index >= 15 is 0 Å². The fraction of sp³-hybridized carbons (Fsp3) is 0.615. The van der Waals surface area contributed by atoms with Crippen molar-refractivity contribution in [3.05, 3.63) is 18.3 Å². The normalized spacial score (nSPS) is 12.9. The van der Waals surface area contributed by atoms with Gasteiger partial charge < -0.3 is 15.0 Å². The minimum absolute atomic E-state index is 0.156. The molecule has 0 aliphatic carbocycles. The number of anilines is 1. The van der Waals surface area contributed by atoms with Gasteiger partial charge in [-0.3, -0.25) is 0 Å². The highest BCUT2D eigenvalue weighted by atomic mass is 16.5. The standard InChI is InChI=1S/C13H23N3O/c1-10(2)17-12-7-6-8-14-13(12)15-11(3)9-16(4)5/h6-8,10-11H,9H2,1-5H3,(H,14,15). The molecule has 4 heteroatoms. The molecule has 0 aromatic carbocycles. The van der Waals surface area contributed by atoms with E-state index in [1.54, 1.807) is 6.20 Å². The van der Waals surface area contributed by atoms with Gasteiger partial charge in [0.1, 0.15) is 0 Å². The number of nitrogens with zero attached hydrogens (tertiary/aromatic N) is 2. The number of hydrogen-bond acceptors (Lipinski definition) is 4. The van der Waals surface area contributed by atoms with E-state index in [0.717, 1.165) is 18.1 Å². The third-order valence-corrected chi connectivity index (χ3v) is 2.16. The Hall–Kier alpha value is -1.29. The van der Waals surface area contributed by atoms with E-state index in [2.05, 4.69) is 36.2 Å². The molecule has 0 saturated carbocycles. The lowest BCUT2D eigenvalue weighted by Gasteiger charge is -2.21. The second-order valence-electron chi connectivity index (χ2n) is 4.82. The number of rotatable bonds is 6. The monoisotopic (exact) mass is 237 g/mol. The number of aromatic nitrogens is 1. The zero-order chi connectivity index (χ0) is 12.8. The average molecular weight is 237 g/mol. The molecule has 1 unspecified atom stereocenters. The molecule has 1 rings (SSSR count). The Kier molecular flexibility index (Phi) is 5.22. The maximum Gasteiger partial charge on any atom is 0.169 e. The van der Waals surface area contributed by atoms with Gasteiger partial charge in [-0.05, 0) is 47.0 Å². The summed E-state index contributed by atoms with van der Waals surface area (Å²) < 4.78 is 5.71. The summed E-state index contributed by atoms with van der Waals surface area (Å²) in [6.45, 7) is 7.12. The number of pyridine rings is 1. The van der Waals surface area contributed by atoms with Crippen LogP contribution >= 0.6 is 0 Å². The van der Waals surface area contributed by atoms with Gasteiger partial charge in [0.2, 0.25) is 0 Å².